The van der Waals surface area contributed by atoms with E-state index in [1.807, 2.05) is 17.6 Å². The third-order valence-corrected chi connectivity index (χ3v) is 9.58. The van der Waals surface area contributed by atoms with Crippen LogP contribution >= 0.6 is 0 Å². The van der Waals surface area contributed by atoms with Crippen LogP contribution in [0.3, 0.4) is 0 Å². The highest BCUT2D eigenvalue weighted by atomic mass is 32.2. The highest BCUT2D eigenvalue weighted by Gasteiger charge is 2.46. The minimum Gasteiger partial charge on any atom is -0.349 e. The van der Waals surface area contributed by atoms with Crippen molar-refractivity contribution in [3.63, 3.8) is 0 Å². The smallest absolute Gasteiger partial charge is 0.349 e. The molecule has 3 saturated carbocycles. The van der Waals surface area contributed by atoms with Gasteiger partial charge in [0.25, 0.3) is 5.91 Å². The average Bonchev–Trinajstić information content (AvgIpc) is 3.57. The Morgan fingerprint density at radius 3 is 2.42 bits per heavy atom. The van der Waals surface area contributed by atoms with Crippen LogP contribution in [0.1, 0.15) is 85.8 Å². The molecule has 204 valence electrons. The van der Waals surface area contributed by atoms with E-state index >= 15 is 0 Å². The molecule has 3 fully saturated rings. The van der Waals surface area contributed by atoms with Crippen molar-refractivity contribution in [2.75, 3.05) is 0 Å². The average molecular weight is 547 g/mol. The van der Waals surface area contributed by atoms with E-state index in [-0.39, 0.29) is 11.9 Å². The number of aromatic nitrogens is 1. The summed E-state index contributed by atoms with van der Waals surface area (Å²) >= 11 is 0. The summed E-state index contributed by atoms with van der Waals surface area (Å²) in [5.74, 6) is 0.204. The number of nitrogens with zero attached hydrogens (tertiary/aromatic N) is 2. The maximum Gasteiger partial charge on any atom is 0.417 e. The topological polar surface area (TPSA) is 86.9 Å². The predicted octanol–water partition coefficient (Wildman–Crippen LogP) is 6.01. The Hall–Kier alpha value is -2.64. The Bertz CT molecular complexity index is 1280. The van der Waals surface area contributed by atoms with Gasteiger partial charge in [-0.3, -0.25) is 4.79 Å². The predicted molar refractivity (Wildman–Crippen MR) is 138 cm³/mol. The maximum absolute atomic E-state index is 14.2. The first kappa shape index (κ1) is 26.9. The van der Waals surface area contributed by atoms with Crippen LogP contribution in [0.4, 0.5) is 13.2 Å². The van der Waals surface area contributed by atoms with Crippen molar-refractivity contribution in [1.29, 1.82) is 5.26 Å². The van der Waals surface area contributed by atoms with Gasteiger partial charge in [0, 0.05) is 24.0 Å². The van der Waals surface area contributed by atoms with E-state index < -0.39 is 33.2 Å². The van der Waals surface area contributed by atoms with E-state index in [2.05, 4.69) is 10.0 Å². The Morgan fingerprint density at radius 2 is 1.84 bits per heavy atom. The summed E-state index contributed by atoms with van der Waals surface area (Å²) in [6, 6.07) is 7.65. The molecule has 2 aromatic rings. The van der Waals surface area contributed by atoms with Crippen LogP contribution in [-0.2, 0) is 23.7 Å². The standard InChI is InChI=1S/C28H33F3N4O2S/c1-18-22(26(36)33-21-8-5-9-21)15-24(35(18)16-19-6-3-2-4-7-19)20-10-11-25(23(14-20)28(29,30)31)38(37)34-27(17-32)12-13-27/h10-11,14-15,19,21,34H,2-9,12-13,16H2,1H3,(H,33,36). The van der Waals surface area contributed by atoms with Gasteiger partial charge in [-0.15, -0.1) is 0 Å². The van der Waals surface area contributed by atoms with E-state index in [4.69, 9.17) is 0 Å². The first-order chi connectivity index (χ1) is 18.1. The highest BCUT2D eigenvalue weighted by Crippen LogP contribution is 2.40. The lowest BCUT2D eigenvalue weighted by atomic mass is 9.89. The van der Waals surface area contributed by atoms with Crippen LogP contribution in [0, 0.1) is 24.2 Å². The molecule has 10 heteroatoms. The number of amides is 1. The first-order valence-electron chi connectivity index (χ1n) is 13.4. The highest BCUT2D eigenvalue weighted by molar-refractivity contribution is 7.83. The number of benzene rings is 1. The fourth-order valence-electron chi connectivity index (χ4n) is 5.46. The quantitative estimate of drug-likeness (QED) is 0.425. The lowest BCUT2D eigenvalue weighted by Gasteiger charge is -2.26. The molecular weight excluding hydrogens is 513 g/mol. The monoisotopic (exact) mass is 546 g/mol. The molecule has 0 spiro atoms. The normalized spacial score (nSPS) is 20.4. The van der Waals surface area contributed by atoms with Crippen molar-refractivity contribution in [3.8, 4) is 17.3 Å². The number of halogens is 3. The van der Waals surface area contributed by atoms with E-state index in [0.29, 0.717) is 42.1 Å². The number of alkyl halides is 3. The SMILES string of the molecule is Cc1c(C(=O)NC2CCC2)cc(-c2ccc(S(=O)NC3(C#N)CC3)c(C(F)(F)F)c2)n1CC1CCCCC1. The number of rotatable bonds is 8. The fourth-order valence-corrected chi connectivity index (χ4v) is 6.74. The van der Waals surface area contributed by atoms with Gasteiger partial charge in [0.1, 0.15) is 16.5 Å². The summed E-state index contributed by atoms with van der Waals surface area (Å²) in [7, 11) is -2.20. The summed E-state index contributed by atoms with van der Waals surface area (Å²) in [6.07, 6.45) is 4.68. The Morgan fingerprint density at radius 1 is 1.13 bits per heavy atom. The van der Waals surface area contributed by atoms with Crippen LogP contribution in [0.5, 0.6) is 0 Å². The van der Waals surface area contributed by atoms with Gasteiger partial charge >= 0.3 is 6.18 Å². The Kier molecular flexibility index (Phi) is 7.44. The zero-order valence-electron chi connectivity index (χ0n) is 21.5. The summed E-state index contributed by atoms with van der Waals surface area (Å²) in [5, 5.41) is 12.3. The van der Waals surface area contributed by atoms with E-state index in [9.17, 15) is 27.4 Å². The van der Waals surface area contributed by atoms with Crippen LogP contribution in [0.2, 0.25) is 0 Å². The molecule has 6 nitrogen and oxygen atoms in total. The third kappa shape index (κ3) is 5.55. The second-order valence-electron chi connectivity index (χ2n) is 11.0. The van der Waals surface area contributed by atoms with Gasteiger partial charge in [0.05, 0.1) is 22.1 Å². The third-order valence-electron chi connectivity index (χ3n) is 8.25. The zero-order chi connectivity index (χ0) is 27.1. The minimum atomic E-state index is -4.74. The van der Waals surface area contributed by atoms with Crippen molar-refractivity contribution in [1.82, 2.24) is 14.6 Å². The van der Waals surface area contributed by atoms with Gasteiger partial charge in [-0.1, -0.05) is 25.3 Å². The van der Waals surface area contributed by atoms with Crippen molar-refractivity contribution in [2.24, 2.45) is 5.92 Å². The van der Waals surface area contributed by atoms with E-state index in [1.165, 1.54) is 18.6 Å². The van der Waals surface area contributed by atoms with Crippen LogP contribution in [0.15, 0.2) is 29.2 Å². The summed E-state index contributed by atoms with van der Waals surface area (Å²) in [4.78, 5) is 12.7. The number of hydrogen-bond donors (Lipinski definition) is 2. The molecular formula is C28H33F3N4O2S. The van der Waals surface area contributed by atoms with Crippen LogP contribution < -0.4 is 10.0 Å². The molecule has 0 aliphatic heterocycles. The molecule has 1 heterocycles. The molecule has 1 unspecified atom stereocenters. The Balaban J connectivity index is 1.53. The molecule has 1 amide bonds. The van der Waals surface area contributed by atoms with Gasteiger partial charge in [-0.05, 0) is 81.5 Å². The molecule has 5 rings (SSSR count). The number of carbonyl (C=O) groups excluding carboxylic acids is 1. The molecule has 3 aliphatic carbocycles. The van der Waals surface area contributed by atoms with Crippen molar-refractivity contribution in [3.05, 3.63) is 41.1 Å². The second kappa shape index (κ2) is 10.5. The zero-order valence-corrected chi connectivity index (χ0v) is 22.3. The van der Waals surface area contributed by atoms with Gasteiger partial charge in [0.2, 0.25) is 0 Å². The summed E-state index contributed by atoms with van der Waals surface area (Å²) in [5.41, 5.74) is 0.0729. The molecule has 0 saturated heterocycles. The second-order valence-corrected chi connectivity index (χ2v) is 12.2. The summed E-state index contributed by atoms with van der Waals surface area (Å²) in [6.45, 7) is 2.50. The maximum atomic E-state index is 14.2. The van der Waals surface area contributed by atoms with Crippen molar-refractivity contribution < 1.29 is 22.2 Å². The molecule has 0 bridgehead atoms. The minimum absolute atomic E-state index is 0.147. The molecule has 1 atom stereocenters. The fraction of sp³-hybridized carbons (Fsp3) is 0.571. The lowest BCUT2D eigenvalue weighted by Crippen LogP contribution is -2.39. The first-order valence-corrected chi connectivity index (χ1v) is 14.6. The molecule has 38 heavy (non-hydrogen) atoms. The van der Waals surface area contributed by atoms with Gasteiger partial charge < -0.3 is 9.88 Å². The van der Waals surface area contributed by atoms with Crippen molar-refractivity contribution >= 4 is 16.9 Å². The number of nitrogens with one attached hydrogen (secondary N) is 2. The molecule has 0 radical (unpaired) electrons. The number of nitriles is 1. The van der Waals surface area contributed by atoms with Crippen LogP contribution in [-0.4, -0.2) is 26.3 Å². The molecule has 2 N–H and O–H groups in total. The van der Waals surface area contributed by atoms with E-state index in [1.54, 1.807) is 6.07 Å². The van der Waals surface area contributed by atoms with Crippen LogP contribution in [0.25, 0.3) is 11.3 Å². The van der Waals surface area contributed by atoms with Gasteiger partial charge in [0.15, 0.2) is 0 Å². The van der Waals surface area contributed by atoms with Gasteiger partial charge in [-0.25, -0.2) is 8.93 Å². The molecule has 1 aromatic carbocycles. The van der Waals surface area contributed by atoms with Crippen molar-refractivity contribution in [2.45, 2.75) is 100 Å². The lowest BCUT2D eigenvalue weighted by molar-refractivity contribution is -0.139. The number of hydrogen-bond acceptors (Lipinski definition) is 3. The summed E-state index contributed by atoms with van der Waals surface area (Å²) < 4.78 is 60.1. The Labute approximate surface area is 223 Å². The van der Waals surface area contributed by atoms with Gasteiger partial charge in [-0.2, -0.15) is 18.4 Å². The van der Waals surface area contributed by atoms with E-state index in [0.717, 1.165) is 56.7 Å². The molecule has 1 aromatic heterocycles. The number of carbonyl (C=O) groups is 1. The largest absolute Gasteiger partial charge is 0.417 e. The molecule has 3 aliphatic rings.